The van der Waals surface area contributed by atoms with Crippen LogP contribution in [0.1, 0.15) is 31.2 Å². The Kier molecular flexibility index (Phi) is 3.12. The van der Waals surface area contributed by atoms with Gasteiger partial charge in [0.15, 0.2) is 0 Å². The summed E-state index contributed by atoms with van der Waals surface area (Å²) < 4.78 is 13.4. The van der Waals surface area contributed by atoms with Gasteiger partial charge in [0.05, 0.1) is 9.89 Å². The quantitative estimate of drug-likeness (QED) is 0.882. The van der Waals surface area contributed by atoms with Gasteiger partial charge in [0, 0.05) is 11.6 Å². The Morgan fingerprint density at radius 2 is 1.94 bits per heavy atom. The molecule has 0 heterocycles. The molecule has 1 aromatic rings. The summed E-state index contributed by atoms with van der Waals surface area (Å²) in [6.07, 6.45) is 2.57. The lowest BCUT2D eigenvalue weighted by atomic mass is 9.78. The summed E-state index contributed by atoms with van der Waals surface area (Å²) in [6.45, 7) is 0. The van der Waals surface area contributed by atoms with Crippen molar-refractivity contribution in [2.75, 3.05) is 0 Å². The van der Waals surface area contributed by atoms with Crippen LogP contribution >= 0.6 is 15.9 Å². The molecule has 0 atom stereocenters. The van der Waals surface area contributed by atoms with Crippen molar-refractivity contribution in [1.82, 2.24) is 0 Å². The van der Waals surface area contributed by atoms with Crippen LogP contribution in [-0.2, 0) is 10.2 Å². The summed E-state index contributed by atoms with van der Waals surface area (Å²) in [5.41, 5.74) is -0.767. The molecule has 0 bridgehead atoms. The van der Waals surface area contributed by atoms with Crippen molar-refractivity contribution >= 4 is 21.9 Å². The Balaban J connectivity index is 2.58. The zero-order valence-corrected chi connectivity index (χ0v) is 10.6. The average Bonchev–Trinajstić information content (AvgIpc) is 2.73. The monoisotopic (exact) mass is 302 g/mol. The molecule has 0 aliphatic heterocycles. The third-order valence-electron chi connectivity index (χ3n) is 3.42. The van der Waals surface area contributed by atoms with Gasteiger partial charge in [-0.1, -0.05) is 12.8 Å². The topological polar surface area (TPSA) is 57.5 Å². The van der Waals surface area contributed by atoms with E-state index < -0.39 is 17.2 Å². The summed E-state index contributed by atoms with van der Waals surface area (Å²) in [4.78, 5) is 11.5. The minimum absolute atomic E-state index is 0.179. The predicted octanol–water partition coefficient (Wildman–Crippen LogP) is 3.19. The predicted molar refractivity (Wildman–Crippen MR) is 63.5 cm³/mol. The van der Waals surface area contributed by atoms with Gasteiger partial charge in [0.1, 0.15) is 11.6 Å². The van der Waals surface area contributed by atoms with Gasteiger partial charge >= 0.3 is 5.97 Å². The number of aliphatic carboxylic acids is 1. The van der Waals surface area contributed by atoms with Crippen LogP contribution < -0.4 is 0 Å². The van der Waals surface area contributed by atoms with E-state index >= 15 is 0 Å². The normalized spacial score (nSPS) is 18.2. The largest absolute Gasteiger partial charge is 0.508 e. The van der Waals surface area contributed by atoms with Gasteiger partial charge in [-0.2, -0.15) is 0 Å². The molecular weight excluding hydrogens is 291 g/mol. The lowest BCUT2D eigenvalue weighted by Crippen LogP contribution is -2.32. The first-order valence-corrected chi connectivity index (χ1v) is 6.18. The highest BCUT2D eigenvalue weighted by atomic mass is 79.9. The van der Waals surface area contributed by atoms with Crippen LogP contribution in [0, 0.1) is 5.82 Å². The number of phenols is 1. The van der Waals surface area contributed by atoms with Crippen molar-refractivity contribution in [2.24, 2.45) is 0 Å². The number of benzene rings is 1. The number of halogens is 2. The molecule has 1 aliphatic carbocycles. The molecule has 0 amide bonds. The zero-order chi connectivity index (χ0) is 12.6. The van der Waals surface area contributed by atoms with E-state index in [1.165, 1.54) is 6.07 Å². The second kappa shape index (κ2) is 4.29. The SMILES string of the molecule is O=C(O)C1(c2cc(Br)c(F)cc2O)CCCC1. The Bertz CT molecular complexity index is 467. The Morgan fingerprint density at radius 1 is 1.35 bits per heavy atom. The molecule has 1 aliphatic rings. The summed E-state index contributed by atoms with van der Waals surface area (Å²) in [7, 11) is 0. The van der Waals surface area contributed by atoms with Crippen molar-refractivity contribution in [3.05, 3.63) is 28.0 Å². The minimum Gasteiger partial charge on any atom is -0.508 e. The molecule has 92 valence electrons. The third-order valence-corrected chi connectivity index (χ3v) is 4.03. The van der Waals surface area contributed by atoms with Crippen molar-refractivity contribution < 1.29 is 19.4 Å². The molecule has 5 heteroatoms. The lowest BCUT2D eigenvalue weighted by molar-refractivity contribution is -0.143. The van der Waals surface area contributed by atoms with E-state index in [2.05, 4.69) is 15.9 Å². The first-order valence-electron chi connectivity index (χ1n) is 5.39. The van der Waals surface area contributed by atoms with E-state index in [-0.39, 0.29) is 10.2 Å². The van der Waals surface area contributed by atoms with E-state index in [1.807, 2.05) is 0 Å². The molecule has 0 aromatic heterocycles. The molecular formula is C12H12BrFO3. The van der Waals surface area contributed by atoms with E-state index in [9.17, 15) is 19.4 Å². The number of hydrogen-bond donors (Lipinski definition) is 2. The van der Waals surface area contributed by atoms with Gasteiger partial charge in [-0.25, -0.2) is 4.39 Å². The number of phenolic OH excluding ortho intramolecular Hbond substituents is 1. The summed E-state index contributed by atoms with van der Waals surface area (Å²) in [5, 5.41) is 19.1. The van der Waals surface area contributed by atoms with Crippen molar-refractivity contribution in [1.29, 1.82) is 0 Å². The summed E-state index contributed by atoms with van der Waals surface area (Å²) >= 11 is 3.02. The van der Waals surface area contributed by atoms with Crippen LogP contribution in [0.15, 0.2) is 16.6 Å². The molecule has 17 heavy (non-hydrogen) atoms. The molecule has 0 unspecified atom stereocenters. The van der Waals surface area contributed by atoms with Gasteiger partial charge in [-0.3, -0.25) is 4.79 Å². The van der Waals surface area contributed by atoms with Crippen LogP contribution in [0.3, 0.4) is 0 Å². The van der Waals surface area contributed by atoms with Gasteiger partial charge in [-0.05, 0) is 34.8 Å². The number of carboxylic acid groups (broad SMARTS) is 1. The number of hydrogen-bond acceptors (Lipinski definition) is 2. The van der Waals surface area contributed by atoms with Crippen LogP contribution in [0.2, 0.25) is 0 Å². The molecule has 2 N–H and O–H groups in total. The standard InChI is InChI=1S/C12H12BrFO3/c13-8-5-7(10(15)6-9(8)14)12(11(16)17)3-1-2-4-12/h5-6,15H,1-4H2,(H,16,17). The maximum atomic E-state index is 13.2. The number of aromatic hydroxyl groups is 1. The van der Waals surface area contributed by atoms with Crippen molar-refractivity contribution in [3.63, 3.8) is 0 Å². The van der Waals surface area contributed by atoms with Gasteiger partial charge in [0.2, 0.25) is 0 Å². The highest BCUT2D eigenvalue weighted by Gasteiger charge is 2.44. The second-order valence-electron chi connectivity index (χ2n) is 4.38. The molecule has 0 radical (unpaired) electrons. The van der Waals surface area contributed by atoms with Crippen molar-refractivity contribution in [2.45, 2.75) is 31.1 Å². The average molecular weight is 303 g/mol. The maximum absolute atomic E-state index is 13.2. The maximum Gasteiger partial charge on any atom is 0.314 e. The first-order chi connectivity index (χ1) is 7.97. The number of carbonyl (C=O) groups is 1. The Hall–Kier alpha value is -1.10. The van der Waals surface area contributed by atoms with Crippen LogP contribution in [0.25, 0.3) is 0 Å². The molecule has 3 nitrogen and oxygen atoms in total. The molecule has 1 fully saturated rings. The third kappa shape index (κ3) is 1.92. The fraction of sp³-hybridized carbons (Fsp3) is 0.417. The zero-order valence-electron chi connectivity index (χ0n) is 9.04. The van der Waals surface area contributed by atoms with Crippen LogP contribution in [0.5, 0.6) is 5.75 Å². The second-order valence-corrected chi connectivity index (χ2v) is 5.23. The first kappa shape index (κ1) is 12.4. The Labute approximate surface area is 106 Å². The Morgan fingerprint density at radius 3 is 2.47 bits per heavy atom. The summed E-state index contributed by atoms with van der Waals surface area (Å²) in [6, 6.07) is 2.34. The fourth-order valence-electron chi connectivity index (χ4n) is 2.50. The number of carboxylic acids is 1. The summed E-state index contributed by atoms with van der Waals surface area (Å²) in [5.74, 6) is -1.83. The van der Waals surface area contributed by atoms with Crippen LogP contribution in [-0.4, -0.2) is 16.2 Å². The molecule has 1 saturated carbocycles. The highest BCUT2D eigenvalue weighted by molar-refractivity contribution is 9.10. The van der Waals surface area contributed by atoms with Crippen molar-refractivity contribution in [3.8, 4) is 5.75 Å². The lowest BCUT2D eigenvalue weighted by Gasteiger charge is -2.25. The minimum atomic E-state index is -1.07. The fourth-order valence-corrected chi connectivity index (χ4v) is 2.84. The smallest absolute Gasteiger partial charge is 0.314 e. The van der Waals surface area contributed by atoms with Gasteiger partial charge in [-0.15, -0.1) is 0 Å². The molecule has 2 rings (SSSR count). The number of rotatable bonds is 2. The van der Waals surface area contributed by atoms with E-state index in [4.69, 9.17) is 0 Å². The van der Waals surface area contributed by atoms with E-state index in [0.717, 1.165) is 18.9 Å². The van der Waals surface area contributed by atoms with Gasteiger partial charge < -0.3 is 10.2 Å². The molecule has 1 aromatic carbocycles. The molecule has 0 spiro atoms. The van der Waals surface area contributed by atoms with E-state index in [1.54, 1.807) is 0 Å². The van der Waals surface area contributed by atoms with Crippen LogP contribution in [0.4, 0.5) is 4.39 Å². The van der Waals surface area contributed by atoms with E-state index in [0.29, 0.717) is 18.4 Å². The highest BCUT2D eigenvalue weighted by Crippen LogP contribution is 2.45. The van der Waals surface area contributed by atoms with Gasteiger partial charge in [0.25, 0.3) is 0 Å². The molecule has 0 saturated heterocycles.